The van der Waals surface area contributed by atoms with E-state index in [2.05, 4.69) is 65.0 Å². The van der Waals surface area contributed by atoms with Gasteiger partial charge < -0.3 is 14.9 Å². The third-order valence-electron chi connectivity index (χ3n) is 16.1. The van der Waals surface area contributed by atoms with Crippen LogP contribution >= 0.6 is 0 Å². The van der Waals surface area contributed by atoms with Crippen molar-refractivity contribution in [2.75, 3.05) is 0 Å². The zero-order valence-electron chi connectivity index (χ0n) is 26.5. The predicted molar refractivity (Wildman–Crippen MR) is 161 cm³/mol. The Kier molecular flexibility index (Phi) is 5.97. The first kappa shape index (κ1) is 28.4. The zero-order valence-corrected chi connectivity index (χ0v) is 26.5. The second-order valence-electron chi connectivity index (χ2n) is 17.3. The van der Waals surface area contributed by atoms with Crippen molar-refractivity contribution in [1.29, 1.82) is 0 Å². The molecule has 0 radical (unpaired) electrons. The van der Waals surface area contributed by atoms with Crippen LogP contribution in [0.4, 0.5) is 0 Å². The molecule has 6 fully saturated rings. The van der Waals surface area contributed by atoms with Crippen LogP contribution in [0.3, 0.4) is 0 Å². The van der Waals surface area contributed by atoms with Crippen LogP contribution in [0.15, 0.2) is 30.3 Å². The molecule has 1 aromatic carbocycles. The first-order valence-electron chi connectivity index (χ1n) is 16.8. The van der Waals surface area contributed by atoms with Gasteiger partial charge in [0.25, 0.3) is 0 Å². The van der Waals surface area contributed by atoms with Gasteiger partial charge in [0.05, 0.1) is 11.5 Å². The molecule has 1 spiro atoms. The maximum Gasteiger partial charge on any atom is 0.309 e. The third-order valence-corrected chi connectivity index (χ3v) is 16.1. The van der Waals surface area contributed by atoms with Crippen LogP contribution in [0, 0.1) is 56.2 Å². The van der Waals surface area contributed by atoms with E-state index in [4.69, 9.17) is 4.74 Å². The molecular weight excluding hydrogens is 508 g/mol. The second-order valence-corrected chi connectivity index (χ2v) is 17.3. The second kappa shape index (κ2) is 8.62. The first-order valence-corrected chi connectivity index (χ1v) is 16.8. The number of hydrogen-bond acceptors (Lipinski definition) is 3. The van der Waals surface area contributed by atoms with Gasteiger partial charge in [0.2, 0.25) is 0 Å². The molecule has 5 aliphatic carbocycles. The number of rotatable bonds is 3. The normalized spacial score (nSPS) is 55.7. The summed E-state index contributed by atoms with van der Waals surface area (Å²) in [4.78, 5) is 12.5. The van der Waals surface area contributed by atoms with E-state index in [9.17, 15) is 15.0 Å². The van der Waals surface area contributed by atoms with Crippen LogP contribution < -0.4 is 0 Å². The summed E-state index contributed by atoms with van der Waals surface area (Å²) in [6, 6.07) is 10.8. The predicted octanol–water partition coefficient (Wildman–Crippen LogP) is 8.26. The largest absolute Gasteiger partial charge is 0.481 e. The minimum atomic E-state index is -0.998. The number of carboxylic acids is 1. The van der Waals surface area contributed by atoms with Crippen molar-refractivity contribution in [3.8, 4) is 0 Å². The van der Waals surface area contributed by atoms with Gasteiger partial charge in [0, 0.05) is 17.8 Å². The van der Waals surface area contributed by atoms with Crippen molar-refractivity contribution in [3.05, 3.63) is 35.9 Å². The van der Waals surface area contributed by atoms with E-state index >= 15 is 0 Å². The van der Waals surface area contributed by atoms with Crippen LogP contribution in [0.2, 0.25) is 0 Å². The monoisotopic (exact) mass is 562 g/mol. The summed E-state index contributed by atoms with van der Waals surface area (Å²) in [7, 11) is 0. The third kappa shape index (κ3) is 3.44. The molecule has 41 heavy (non-hydrogen) atoms. The molecule has 0 aromatic heterocycles. The summed E-state index contributed by atoms with van der Waals surface area (Å²) < 4.78 is 6.75. The van der Waals surface area contributed by atoms with Gasteiger partial charge in [-0.2, -0.15) is 0 Å². The van der Waals surface area contributed by atoms with Crippen LogP contribution in [0.25, 0.3) is 0 Å². The lowest BCUT2D eigenvalue weighted by atomic mass is 9.29. The Morgan fingerprint density at radius 1 is 0.829 bits per heavy atom. The van der Waals surface area contributed by atoms with E-state index in [0.29, 0.717) is 17.8 Å². The van der Waals surface area contributed by atoms with Gasteiger partial charge >= 0.3 is 5.97 Å². The Balaban J connectivity index is 1.26. The molecular formula is C37H54O4. The molecule has 4 heteroatoms. The van der Waals surface area contributed by atoms with Crippen molar-refractivity contribution < 1.29 is 19.7 Å². The van der Waals surface area contributed by atoms with E-state index in [1.807, 2.05) is 6.92 Å². The fraction of sp³-hybridized carbons (Fsp3) is 0.811. The summed E-state index contributed by atoms with van der Waals surface area (Å²) >= 11 is 0. The molecule has 12 unspecified atom stereocenters. The van der Waals surface area contributed by atoms with Crippen molar-refractivity contribution in [2.45, 2.75) is 130 Å². The zero-order chi connectivity index (χ0) is 29.3. The lowest BCUT2D eigenvalue weighted by Crippen LogP contribution is -2.69. The number of carbonyl (C=O) groups is 1. The fourth-order valence-electron chi connectivity index (χ4n) is 13.3. The van der Waals surface area contributed by atoms with Gasteiger partial charge in [-0.25, -0.2) is 0 Å². The van der Waals surface area contributed by atoms with Gasteiger partial charge in [0.1, 0.15) is 0 Å². The maximum absolute atomic E-state index is 12.5. The Morgan fingerprint density at radius 2 is 1.46 bits per heavy atom. The average molecular weight is 563 g/mol. The molecule has 12 atom stereocenters. The molecule has 7 rings (SSSR count). The lowest BCUT2D eigenvalue weighted by Gasteiger charge is -2.75. The minimum Gasteiger partial charge on any atom is -0.481 e. The van der Waals surface area contributed by atoms with E-state index < -0.39 is 17.2 Å². The van der Waals surface area contributed by atoms with Gasteiger partial charge in [-0.3, -0.25) is 4.79 Å². The van der Waals surface area contributed by atoms with Gasteiger partial charge in [-0.15, -0.1) is 0 Å². The highest BCUT2D eigenvalue weighted by Gasteiger charge is 2.76. The lowest BCUT2D eigenvalue weighted by molar-refractivity contribution is -0.267. The number of aliphatic carboxylic acids is 1. The molecule has 1 heterocycles. The summed E-state index contributed by atoms with van der Waals surface area (Å²) in [5.74, 6) is 0.187. The van der Waals surface area contributed by atoms with Crippen LogP contribution in [0.5, 0.6) is 0 Å². The molecule has 6 aliphatic rings. The summed E-state index contributed by atoms with van der Waals surface area (Å²) in [5, 5.41) is 22.1. The summed E-state index contributed by atoms with van der Waals surface area (Å²) in [6.45, 7) is 14.7. The first-order chi connectivity index (χ1) is 19.2. The topological polar surface area (TPSA) is 66.8 Å². The van der Waals surface area contributed by atoms with Crippen molar-refractivity contribution in [2.24, 2.45) is 56.2 Å². The number of benzene rings is 1. The number of ether oxygens (including phenoxy) is 1. The van der Waals surface area contributed by atoms with E-state index in [-0.39, 0.29) is 39.1 Å². The van der Waals surface area contributed by atoms with Crippen LogP contribution in [-0.4, -0.2) is 28.1 Å². The SMILES string of the molecule is CC1C2(O)CCC3C4(C)CCC5(C)C6CC(C)(C(=O)O)CCC6(C)CCC5(C)C4CCC13C(Cc1ccccc1)O2. The molecule has 226 valence electrons. The highest BCUT2D eigenvalue weighted by atomic mass is 16.6. The number of fused-ring (bicyclic) bond motifs is 7. The number of hydrogen-bond donors (Lipinski definition) is 2. The highest BCUT2D eigenvalue weighted by Crippen LogP contribution is 2.80. The fourth-order valence-corrected chi connectivity index (χ4v) is 13.3. The minimum absolute atomic E-state index is 0.00803. The molecule has 1 saturated heterocycles. The Hall–Kier alpha value is -1.39. The Morgan fingerprint density at radius 3 is 2.17 bits per heavy atom. The Bertz CT molecular complexity index is 1230. The highest BCUT2D eigenvalue weighted by molar-refractivity contribution is 5.74. The quantitative estimate of drug-likeness (QED) is 0.389. The molecule has 2 bridgehead atoms. The van der Waals surface area contributed by atoms with E-state index in [1.165, 1.54) is 37.7 Å². The average Bonchev–Trinajstić information content (AvgIpc) is 3.04. The maximum atomic E-state index is 12.5. The van der Waals surface area contributed by atoms with Crippen molar-refractivity contribution in [3.63, 3.8) is 0 Å². The van der Waals surface area contributed by atoms with Crippen molar-refractivity contribution >= 4 is 5.97 Å². The molecule has 0 amide bonds. The van der Waals surface area contributed by atoms with Crippen molar-refractivity contribution in [1.82, 2.24) is 0 Å². The summed E-state index contributed by atoms with van der Waals surface area (Å²) in [6.07, 6.45) is 12.7. The molecule has 5 saturated carbocycles. The van der Waals surface area contributed by atoms with Crippen LogP contribution in [-0.2, 0) is 16.0 Å². The molecule has 1 aromatic rings. The summed E-state index contributed by atoms with van der Waals surface area (Å²) in [5.41, 5.74) is 1.55. The van der Waals surface area contributed by atoms with Gasteiger partial charge in [-0.05, 0) is 123 Å². The number of carboxylic acid groups (broad SMARTS) is 1. The van der Waals surface area contributed by atoms with E-state index in [1.54, 1.807) is 0 Å². The molecule has 1 aliphatic heterocycles. The van der Waals surface area contributed by atoms with Gasteiger partial charge in [0.15, 0.2) is 5.79 Å². The standard InChI is InChI=1S/C37H54O4/c1-24-36-14-12-26-33(4,27(36)13-15-37(24,40)41-29(36)22-25-10-8-7-9-11-25)19-21-35(6)28-23-32(3,30(38)39)17-16-31(28,2)18-20-34(26,35)5/h7-11,24,26-29,40H,12-23H2,1-6H3,(H,38,39). The smallest absolute Gasteiger partial charge is 0.309 e. The number of aliphatic hydroxyl groups is 1. The molecule has 4 nitrogen and oxygen atoms in total. The Labute approximate surface area is 248 Å². The van der Waals surface area contributed by atoms with E-state index in [0.717, 1.165) is 44.9 Å². The van der Waals surface area contributed by atoms with Gasteiger partial charge in [-0.1, -0.05) is 65.0 Å². The van der Waals surface area contributed by atoms with Crippen LogP contribution in [0.1, 0.15) is 118 Å². The molecule has 2 N–H and O–H groups in total.